The van der Waals surface area contributed by atoms with Crippen LogP contribution in [0.3, 0.4) is 0 Å². The molecule has 0 radical (unpaired) electrons. The van der Waals surface area contributed by atoms with Crippen LogP contribution in [0.5, 0.6) is 11.5 Å². The zero-order valence-electron chi connectivity index (χ0n) is 19.9. The molecule has 2 amide bonds. The van der Waals surface area contributed by atoms with E-state index in [-0.39, 0.29) is 11.8 Å². The van der Waals surface area contributed by atoms with Crippen LogP contribution in [0.25, 0.3) is 6.08 Å². The van der Waals surface area contributed by atoms with E-state index in [0.717, 1.165) is 30.0 Å². The van der Waals surface area contributed by atoms with Gasteiger partial charge >= 0.3 is 0 Å². The van der Waals surface area contributed by atoms with E-state index in [4.69, 9.17) is 9.47 Å². The number of nitrogens with zero attached hydrogens (tertiary/aromatic N) is 2. The molecule has 0 aliphatic carbocycles. The van der Waals surface area contributed by atoms with Crippen molar-refractivity contribution < 1.29 is 19.1 Å². The van der Waals surface area contributed by atoms with Gasteiger partial charge in [0.25, 0.3) is 5.91 Å². The quantitative estimate of drug-likeness (QED) is 0.520. The predicted molar refractivity (Wildman–Crippen MR) is 138 cm³/mol. The number of piperazine rings is 1. The van der Waals surface area contributed by atoms with Gasteiger partial charge in [-0.15, -0.1) is 0 Å². The van der Waals surface area contributed by atoms with Crippen molar-refractivity contribution >= 4 is 29.3 Å². The van der Waals surface area contributed by atoms with Gasteiger partial charge in [-0.3, -0.25) is 9.59 Å². The lowest BCUT2D eigenvalue weighted by molar-refractivity contribution is -0.111. The summed E-state index contributed by atoms with van der Waals surface area (Å²) in [4.78, 5) is 29.3. The highest BCUT2D eigenvalue weighted by atomic mass is 16.5. The SMILES string of the molecule is COc1cc(OC)cc(C(=O)N2CCN(c3ccc(NC(=O)/C=C/c4ccccc4)cc3)CC2)c1. The second-order valence-electron chi connectivity index (χ2n) is 8.16. The molecule has 0 saturated carbocycles. The fourth-order valence-electron chi connectivity index (χ4n) is 3.96. The first-order valence-electron chi connectivity index (χ1n) is 11.5. The Kier molecular flexibility index (Phi) is 7.67. The van der Waals surface area contributed by atoms with Gasteiger partial charge in [-0.2, -0.15) is 0 Å². The summed E-state index contributed by atoms with van der Waals surface area (Å²) in [5.74, 6) is 0.967. The van der Waals surface area contributed by atoms with Crippen LogP contribution in [0, 0.1) is 0 Å². The molecule has 0 aromatic heterocycles. The molecule has 7 heteroatoms. The van der Waals surface area contributed by atoms with E-state index < -0.39 is 0 Å². The molecule has 3 aromatic rings. The zero-order valence-corrected chi connectivity index (χ0v) is 19.9. The Morgan fingerprint density at radius 3 is 2.06 bits per heavy atom. The monoisotopic (exact) mass is 471 g/mol. The molecular formula is C28H29N3O4. The fraction of sp³-hybridized carbons (Fsp3) is 0.214. The van der Waals surface area contributed by atoms with E-state index in [2.05, 4.69) is 10.2 Å². The lowest BCUT2D eigenvalue weighted by atomic mass is 10.1. The molecule has 1 aliphatic rings. The van der Waals surface area contributed by atoms with Crippen LogP contribution in [0.4, 0.5) is 11.4 Å². The van der Waals surface area contributed by atoms with Gasteiger partial charge in [-0.05, 0) is 48.0 Å². The molecule has 3 aromatic carbocycles. The van der Waals surface area contributed by atoms with Gasteiger partial charge in [0.1, 0.15) is 11.5 Å². The van der Waals surface area contributed by atoms with E-state index in [0.29, 0.717) is 30.2 Å². The number of carbonyl (C=O) groups excluding carboxylic acids is 2. The number of methoxy groups -OCH3 is 2. The molecule has 1 saturated heterocycles. The largest absolute Gasteiger partial charge is 0.497 e. The summed E-state index contributed by atoms with van der Waals surface area (Å²) in [6, 6.07) is 22.7. The molecule has 180 valence electrons. The van der Waals surface area contributed by atoms with Crippen molar-refractivity contribution in [2.75, 3.05) is 50.6 Å². The van der Waals surface area contributed by atoms with Crippen molar-refractivity contribution in [1.29, 1.82) is 0 Å². The molecule has 0 spiro atoms. The minimum absolute atomic E-state index is 0.0385. The van der Waals surface area contributed by atoms with Gasteiger partial charge in [-0.1, -0.05) is 30.3 Å². The van der Waals surface area contributed by atoms with Gasteiger partial charge in [-0.25, -0.2) is 0 Å². The minimum atomic E-state index is -0.178. The Bertz CT molecular complexity index is 1160. The lowest BCUT2D eigenvalue weighted by Crippen LogP contribution is -2.48. The smallest absolute Gasteiger partial charge is 0.254 e. The third kappa shape index (κ3) is 6.20. The van der Waals surface area contributed by atoms with E-state index in [9.17, 15) is 9.59 Å². The molecule has 7 nitrogen and oxygen atoms in total. The third-order valence-electron chi connectivity index (χ3n) is 5.89. The average molecular weight is 472 g/mol. The average Bonchev–Trinajstić information content (AvgIpc) is 2.92. The van der Waals surface area contributed by atoms with Crippen LogP contribution in [-0.2, 0) is 4.79 Å². The van der Waals surface area contributed by atoms with E-state index in [1.807, 2.05) is 59.5 Å². The maximum absolute atomic E-state index is 13.0. The zero-order chi connectivity index (χ0) is 24.6. The maximum atomic E-state index is 13.0. The number of anilines is 2. The van der Waals surface area contributed by atoms with Crippen molar-refractivity contribution in [3.05, 3.63) is 90.0 Å². The number of hydrogen-bond acceptors (Lipinski definition) is 5. The number of nitrogens with one attached hydrogen (secondary N) is 1. The fourth-order valence-corrected chi connectivity index (χ4v) is 3.96. The first-order valence-corrected chi connectivity index (χ1v) is 11.5. The Labute approximate surface area is 205 Å². The summed E-state index contributed by atoms with van der Waals surface area (Å²) < 4.78 is 10.6. The highest BCUT2D eigenvalue weighted by Gasteiger charge is 2.23. The third-order valence-corrected chi connectivity index (χ3v) is 5.89. The lowest BCUT2D eigenvalue weighted by Gasteiger charge is -2.36. The Morgan fingerprint density at radius 2 is 1.46 bits per heavy atom. The van der Waals surface area contributed by atoms with Gasteiger partial charge in [0.05, 0.1) is 14.2 Å². The second-order valence-corrected chi connectivity index (χ2v) is 8.16. The molecule has 0 unspecified atom stereocenters. The summed E-state index contributed by atoms with van der Waals surface area (Å²) >= 11 is 0. The van der Waals surface area contributed by atoms with Crippen LogP contribution in [0.1, 0.15) is 15.9 Å². The predicted octanol–water partition coefficient (Wildman–Crippen LogP) is 4.32. The molecule has 0 atom stereocenters. The number of benzene rings is 3. The molecule has 1 heterocycles. The van der Waals surface area contributed by atoms with Gasteiger partial charge in [0, 0.05) is 55.3 Å². The first-order chi connectivity index (χ1) is 17.1. The normalized spacial score (nSPS) is 13.5. The van der Waals surface area contributed by atoms with Crippen molar-refractivity contribution in [3.8, 4) is 11.5 Å². The first kappa shape index (κ1) is 23.9. The van der Waals surface area contributed by atoms with Crippen LogP contribution >= 0.6 is 0 Å². The number of hydrogen-bond donors (Lipinski definition) is 1. The highest BCUT2D eigenvalue weighted by molar-refractivity contribution is 6.02. The Balaban J connectivity index is 1.31. The highest BCUT2D eigenvalue weighted by Crippen LogP contribution is 2.25. The van der Waals surface area contributed by atoms with Crippen molar-refractivity contribution in [3.63, 3.8) is 0 Å². The van der Waals surface area contributed by atoms with E-state index in [1.165, 1.54) is 6.08 Å². The molecule has 1 aliphatic heterocycles. The van der Waals surface area contributed by atoms with Crippen LogP contribution in [0.15, 0.2) is 78.9 Å². The number of carbonyl (C=O) groups is 2. The molecular weight excluding hydrogens is 442 g/mol. The molecule has 0 bridgehead atoms. The van der Waals surface area contributed by atoms with Crippen LogP contribution in [-0.4, -0.2) is 57.1 Å². The van der Waals surface area contributed by atoms with E-state index >= 15 is 0 Å². The van der Waals surface area contributed by atoms with Crippen LogP contribution in [0.2, 0.25) is 0 Å². The number of amides is 2. The Hall–Kier alpha value is -4.26. The van der Waals surface area contributed by atoms with Gasteiger partial charge in [0.15, 0.2) is 0 Å². The summed E-state index contributed by atoms with van der Waals surface area (Å²) in [6.07, 6.45) is 3.31. The van der Waals surface area contributed by atoms with E-state index in [1.54, 1.807) is 38.5 Å². The Morgan fingerprint density at radius 1 is 0.829 bits per heavy atom. The summed E-state index contributed by atoms with van der Waals surface area (Å²) in [5, 5.41) is 2.88. The van der Waals surface area contributed by atoms with Crippen molar-refractivity contribution in [2.45, 2.75) is 0 Å². The van der Waals surface area contributed by atoms with Gasteiger partial charge in [0.2, 0.25) is 5.91 Å². The summed E-state index contributed by atoms with van der Waals surface area (Å²) in [5.41, 5.74) is 3.31. The summed E-state index contributed by atoms with van der Waals surface area (Å²) in [6.45, 7) is 2.67. The van der Waals surface area contributed by atoms with Crippen molar-refractivity contribution in [1.82, 2.24) is 4.90 Å². The summed E-state index contributed by atoms with van der Waals surface area (Å²) in [7, 11) is 3.14. The molecule has 4 rings (SSSR count). The van der Waals surface area contributed by atoms with Crippen molar-refractivity contribution in [2.24, 2.45) is 0 Å². The molecule has 1 N–H and O–H groups in total. The topological polar surface area (TPSA) is 71.1 Å². The maximum Gasteiger partial charge on any atom is 0.254 e. The standard InChI is InChI=1S/C28H29N3O4/c1-34-25-18-22(19-26(20-25)35-2)28(33)31-16-14-30(15-17-31)24-11-9-23(10-12-24)29-27(32)13-8-21-6-4-3-5-7-21/h3-13,18-20H,14-17H2,1-2H3,(H,29,32)/b13-8+. The minimum Gasteiger partial charge on any atom is -0.497 e. The molecule has 35 heavy (non-hydrogen) atoms. The van der Waals surface area contributed by atoms with Gasteiger partial charge < -0.3 is 24.6 Å². The van der Waals surface area contributed by atoms with Crippen LogP contribution < -0.4 is 19.7 Å². The number of rotatable bonds is 7. The molecule has 1 fully saturated rings. The number of ether oxygens (including phenoxy) is 2. The second kappa shape index (κ2) is 11.2.